The molecule has 0 radical (unpaired) electrons. The van der Waals surface area contributed by atoms with Gasteiger partial charge in [0, 0.05) is 43.1 Å². The second-order valence-corrected chi connectivity index (χ2v) is 8.66. The summed E-state index contributed by atoms with van der Waals surface area (Å²) in [7, 11) is 1.61. The second-order valence-electron chi connectivity index (χ2n) is 8.66. The van der Waals surface area contributed by atoms with Gasteiger partial charge in [0.2, 0.25) is 5.91 Å². The van der Waals surface area contributed by atoms with E-state index in [0.717, 1.165) is 42.7 Å². The number of piperidine rings is 1. The molecular formula is C26H29F3N4O2. The van der Waals surface area contributed by atoms with Crippen LogP contribution >= 0.6 is 0 Å². The maximum atomic E-state index is 13.1. The van der Waals surface area contributed by atoms with Gasteiger partial charge in [-0.25, -0.2) is 4.98 Å². The van der Waals surface area contributed by atoms with Crippen LogP contribution in [0.2, 0.25) is 0 Å². The summed E-state index contributed by atoms with van der Waals surface area (Å²) in [4.78, 5) is 23.4. The molecule has 0 atom stereocenters. The van der Waals surface area contributed by atoms with E-state index in [2.05, 4.69) is 15.2 Å². The van der Waals surface area contributed by atoms with Crippen LogP contribution in [-0.2, 0) is 15.7 Å². The third-order valence-corrected chi connectivity index (χ3v) is 6.38. The van der Waals surface area contributed by atoms with Crippen LogP contribution in [0.1, 0.15) is 50.3 Å². The van der Waals surface area contributed by atoms with E-state index in [1.807, 2.05) is 19.1 Å². The molecule has 2 aromatic rings. The van der Waals surface area contributed by atoms with Crippen LogP contribution in [0, 0.1) is 0 Å². The van der Waals surface area contributed by atoms with Gasteiger partial charge in [-0.05, 0) is 31.4 Å². The van der Waals surface area contributed by atoms with Crippen molar-refractivity contribution in [2.75, 3.05) is 25.1 Å². The summed E-state index contributed by atoms with van der Waals surface area (Å²) in [6, 6.07) is 5.12. The van der Waals surface area contributed by atoms with Crippen molar-refractivity contribution in [3.63, 3.8) is 0 Å². The number of benzene rings is 1. The quantitative estimate of drug-likeness (QED) is 0.595. The van der Waals surface area contributed by atoms with Gasteiger partial charge in [0.25, 0.3) is 0 Å². The van der Waals surface area contributed by atoms with Gasteiger partial charge in [0.15, 0.2) is 0 Å². The van der Waals surface area contributed by atoms with E-state index in [1.165, 1.54) is 12.1 Å². The molecule has 0 bridgehead atoms. The number of amides is 1. The molecule has 4 rings (SSSR count). The van der Waals surface area contributed by atoms with Crippen molar-refractivity contribution < 1.29 is 22.7 Å². The highest BCUT2D eigenvalue weighted by Crippen LogP contribution is 2.36. The average molecular weight is 487 g/mol. The molecule has 1 aromatic carbocycles. The van der Waals surface area contributed by atoms with Crippen molar-refractivity contribution in [2.45, 2.75) is 51.2 Å². The normalized spacial score (nSPS) is 17.0. The SMILES string of the molecule is CCC(=O)NC1CCN(c2cnc(-c3ccc(C(F)(F)F)cc3)c(C3=C(OC)CCC=C3)n2)CC1. The van der Waals surface area contributed by atoms with Crippen molar-refractivity contribution in [1.29, 1.82) is 0 Å². The standard InChI is InChI=1S/C26H29F3N4O2/c1-3-23(34)31-19-12-14-33(15-13-19)22-16-30-24(17-8-10-18(11-9-17)26(27,28)29)25(32-22)20-6-4-5-7-21(20)35-2/h4,6,8-11,16,19H,3,5,7,12-15H2,1-2H3,(H,31,34). The lowest BCUT2D eigenvalue weighted by atomic mass is 9.97. The number of aromatic nitrogens is 2. The largest absolute Gasteiger partial charge is 0.500 e. The second kappa shape index (κ2) is 10.5. The number of rotatable bonds is 6. The fourth-order valence-electron chi connectivity index (χ4n) is 4.40. The van der Waals surface area contributed by atoms with Gasteiger partial charge in [-0.3, -0.25) is 9.78 Å². The number of carbonyl (C=O) groups excluding carboxylic acids is 1. The Balaban J connectivity index is 1.68. The maximum absolute atomic E-state index is 13.1. The number of allylic oxidation sites excluding steroid dienone is 4. The number of ether oxygens (including phenoxy) is 1. The Morgan fingerprint density at radius 2 is 1.89 bits per heavy atom. The summed E-state index contributed by atoms with van der Waals surface area (Å²) >= 11 is 0. The number of nitrogens with one attached hydrogen (secondary N) is 1. The first-order chi connectivity index (χ1) is 16.8. The minimum Gasteiger partial charge on any atom is -0.500 e. The summed E-state index contributed by atoms with van der Waals surface area (Å²) in [6.07, 6.45) is 4.85. The highest BCUT2D eigenvalue weighted by Gasteiger charge is 2.30. The molecule has 1 amide bonds. The molecule has 0 unspecified atom stereocenters. The van der Waals surface area contributed by atoms with Crippen LogP contribution in [0.25, 0.3) is 16.8 Å². The van der Waals surface area contributed by atoms with Gasteiger partial charge in [-0.1, -0.05) is 31.2 Å². The molecule has 1 aliphatic heterocycles. The molecular weight excluding hydrogens is 457 g/mol. The number of nitrogens with zero attached hydrogens (tertiary/aromatic N) is 3. The first-order valence-corrected chi connectivity index (χ1v) is 11.8. The first-order valence-electron chi connectivity index (χ1n) is 11.8. The van der Waals surface area contributed by atoms with Crippen molar-refractivity contribution in [2.24, 2.45) is 0 Å². The predicted molar refractivity (Wildman–Crippen MR) is 128 cm³/mol. The van der Waals surface area contributed by atoms with Crippen molar-refractivity contribution in [1.82, 2.24) is 15.3 Å². The van der Waals surface area contributed by atoms with Gasteiger partial charge in [-0.2, -0.15) is 13.2 Å². The maximum Gasteiger partial charge on any atom is 0.416 e. The van der Waals surface area contributed by atoms with E-state index < -0.39 is 11.7 Å². The van der Waals surface area contributed by atoms with E-state index in [1.54, 1.807) is 13.3 Å². The number of anilines is 1. The molecule has 186 valence electrons. The van der Waals surface area contributed by atoms with Crippen LogP contribution in [0.15, 0.2) is 48.4 Å². The lowest BCUT2D eigenvalue weighted by Gasteiger charge is -2.33. The number of carbonyl (C=O) groups is 1. The molecule has 1 aromatic heterocycles. The highest BCUT2D eigenvalue weighted by molar-refractivity contribution is 5.84. The van der Waals surface area contributed by atoms with Crippen LogP contribution < -0.4 is 10.2 Å². The van der Waals surface area contributed by atoms with E-state index >= 15 is 0 Å². The zero-order valence-electron chi connectivity index (χ0n) is 19.9. The van der Waals surface area contributed by atoms with E-state index in [9.17, 15) is 18.0 Å². The smallest absolute Gasteiger partial charge is 0.416 e. The van der Waals surface area contributed by atoms with E-state index in [4.69, 9.17) is 9.72 Å². The summed E-state index contributed by atoms with van der Waals surface area (Å²) < 4.78 is 44.8. The van der Waals surface area contributed by atoms with Gasteiger partial charge in [0.05, 0.1) is 24.6 Å². The minimum absolute atomic E-state index is 0.0505. The number of methoxy groups -OCH3 is 1. The average Bonchev–Trinajstić information content (AvgIpc) is 2.88. The van der Waals surface area contributed by atoms with Crippen molar-refractivity contribution in [3.05, 3.63) is 59.6 Å². The summed E-state index contributed by atoms with van der Waals surface area (Å²) in [6.45, 7) is 3.27. The van der Waals surface area contributed by atoms with Gasteiger partial charge < -0.3 is 15.0 Å². The molecule has 2 heterocycles. The molecule has 6 nitrogen and oxygen atoms in total. The monoisotopic (exact) mass is 486 g/mol. The fourth-order valence-corrected chi connectivity index (χ4v) is 4.40. The minimum atomic E-state index is -4.41. The Labute approximate surface area is 202 Å². The van der Waals surface area contributed by atoms with Crippen molar-refractivity contribution >= 4 is 17.3 Å². The van der Waals surface area contributed by atoms with Crippen molar-refractivity contribution in [3.8, 4) is 11.3 Å². The van der Waals surface area contributed by atoms with Crippen LogP contribution in [0.4, 0.5) is 19.0 Å². The van der Waals surface area contributed by atoms with Gasteiger partial charge in [0.1, 0.15) is 17.3 Å². The third kappa shape index (κ3) is 5.66. The molecule has 0 saturated carbocycles. The van der Waals surface area contributed by atoms with E-state index in [-0.39, 0.29) is 11.9 Å². The molecule has 1 fully saturated rings. The number of alkyl halides is 3. The molecule has 2 aliphatic rings. The van der Waals surface area contributed by atoms with Gasteiger partial charge >= 0.3 is 6.18 Å². The van der Waals surface area contributed by atoms with Gasteiger partial charge in [-0.15, -0.1) is 0 Å². The number of halogens is 3. The summed E-state index contributed by atoms with van der Waals surface area (Å²) in [5.74, 6) is 1.51. The molecule has 1 aliphatic carbocycles. The molecule has 0 spiro atoms. The Bertz CT molecular complexity index is 1120. The molecule has 1 saturated heterocycles. The summed E-state index contributed by atoms with van der Waals surface area (Å²) in [5.41, 5.74) is 1.71. The lowest BCUT2D eigenvalue weighted by molar-refractivity contribution is -0.137. The Hall–Kier alpha value is -3.36. The third-order valence-electron chi connectivity index (χ3n) is 6.38. The van der Waals surface area contributed by atoms with E-state index in [0.29, 0.717) is 48.7 Å². The zero-order chi connectivity index (χ0) is 25.0. The fraction of sp³-hybridized carbons (Fsp3) is 0.423. The van der Waals surface area contributed by atoms with Crippen LogP contribution in [-0.4, -0.2) is 42.1 Å². The molecule has 1 N–H and O–H groups in total. The molecule has 9 heteroatoms. The lowest BCUT2D eigenvalue weighted by Crippen LogP contribution is -2.44. The number of hydrogen-bond donors (Lipinski definition) is 1. The summed E-state index contributed by atoms with van der Waals surface area (Å²) in [5, 5.41) is 3.05. The molecule has 35 heavy (non-hydrogen) atoms. The number of hydrogen-bond acceptors (Lipinski definition) is 5. The highest BCUT2D eigenvalue weighted by atomic mass is 19.4. The Kier molecular flexibility index (Phi) is 7.42. The first kappa shape index (κ1) is 24.8. The Morgan fingerprint density at radius 3 is 2.51 bits per heavy atom. The topological polar surface area (TPSA) is 67.4 Å². The Morgan fingerprint density at radius 1 is 1.17 bits per heavy atom. The predicted octanol–water partition coefficient (Wildman–Crippen LogP) is 5.36. The van der Waals surface area contributed by atoms with Crippen LogP contribution in [0.3, 0.4) is 0 Å². The zero-order valence-corrected chi connectivity index (χ0v) is 19.9. The van der Waals surface area contributed by atoms with Crippen LogP contribution in [0.5, 0.6) is 0 Å².